The van der Waals surface area contributed by atoms with E-state index < -0.39 is 17.4 Å². The van der Waals surface area contributed by atoms with Crippen LogP contribution in [-0.4, -0.2) is 16.6 Å². The third-order valence-corrected chi connectivity index (χ3v) is 3.09. The number of halogens is 1. The lowest BCUT2D eigenvalue weighted by molar-refractivity contribution is 0.00657. The Bertz CT molecular complexity index is 588. The molecule has 0 aliphatic carbocycles. The van der Waals surface area contributed by atoms with Crippen LogP contribution in [0.4, 0.5) is 4.39 Å². The standard InChI is InChI=1S/C14H14FNO2S/c1-14(2,3)18-13(17)11-9(5-4-6-10(11)15)12-16-7-8-19-12/h4-8H,1-3H3. The number of ether oxygens (including phenoxy) is 1. The molecule has 0 unspecified atom stereocenters. The van der Waals surface area contributed by atoms with Crippen LogP contribution in [0.15, 0.2) is 29.8 Å². The number of benzene rings is 1. The van der Waals surface area contributed by atoms with Crippen molar-refractivity contribution in [3.05, 3.63) is 41.2 Å². The molecule has 0 bridgehead atoms. The highest BCUT2D eigenvalue weighted by Crippen LogP contribution is 2.29. The van der Waals surface area contributed by atoms with Gasteiger partial charge in [-0.05, 0) is 26.8 Å². The van der Waals surface area contributed by atoms with E-state index in [1.807, 2.05) is 0 Å². The molecule has 1 heterocycles. The molecule has 0 saturated heterocycles. The minimum Gasteiger partial charge on any atom is -0.456 e. The Labute approximate surface area is 115 Å². The molecule has 100 valence electrons. The molecule has 0 saturated carbocycles. The number of carbonyl (C=O) groups is 1. The third-order valence-electron chi connectivity index (χ3n) is 2.28. The highest BCUT2D eigenvalue weighted by atomic mass is 32.1. The van der Waals surface area contributed by atoms with Gasteiger partial charge < -0.3 is 4.74 Å². The number of hydrogen-bond acceptors (Lipinski definition) is 4. The molecule has 2 aromatic rings. The van der Waals surface area contributed by atoms with Crippen LogP contribution in [-0.2, 0) is 4.74 Å². The van der Waals surface area contributed by atoms with Crippen LogP contribution >= 0.6 is 11.3 Å². The maximum Gasteiger partial charge on any atom is 0.342 e. The number of hydrogen-bond donors (Lipinski definition) is 0. The van der Waals surface area contributed by atoms with Crippen molar-refractivity contribution in [2.45, 2.75) is 26.4 Å². The Morgan fingerprint density at radius 3 is 2.68 bits per heavy atom. The Kier molecular flexibility index (Phi) is 3.66. The zero-order valence-corrected chi connectivity index (χ0v) is 11.8. The molecule has 0 atom stereocenters. The van der Waals surface area contributed by atoms with E-state index in [1.165, 1.54) is 17.4 Å². The van der Waals surface area contributed by atoms with E-state index in [-0.39, 0.29) is 5.56 Å². The van der Waals surface area contributed by atoms with Crippen LogP contribution in [0.5, 0.6) is 0 Å². The molecule has 0 spiro atoms. The first-order valence-electron chi connectivity index (χ1n) is 5.80. The normalized spacial score (nSPS) is 11.4. The molecule has 1 aromatic heterocycles. The summed E-state index contributed by atoms with van der Waals surface area (Å²) in [6.45, 7) is 5.23. The van der Waals surface area contributed by atoms with Gasteiger partial charge in [0.2, 0.25) is 0 Å². The fourth-order valence-corrected chi connectivity index (χ4v) is 2.26. The Hall–Kier alpha value is -1.75. The minimum absolute atomic E-state index is 0.0626. The van der Waals surface area contributed by atoms with Gasteiger partial charge in [-0.1, -0.05) is 12.1 Å². The van der Waals surface area contributed by atoms with Gasteiger partial charge in [0.05, 0.1) is 0 Å². The number of rotatable bonds is 2. The summed E-state index contributed by atoms with van der Waals surface area (Å²) >= 11 is 1.35. The van der Waals surface area contributed by atoms with Crippen molar-refractivity contribution in [2.24, 2.45) is 0 Å². The molecular formula is C14H14FNO2S. The molecule has 0 amide bonds. The summed E-state index contributed by atoms with van der Waals surface area (Å²) in [5.41, 5.74) is -0.267. The van der Waals surface area contributed by atoms with E-state index in [4.69, 9.17) is 4.74 Å². The smallest absolute Gasteiger partial charge is 0.342 e. The molecular weight excluding hydrogens is 265 g/mol. The first-order chi connectivity index (χ1) is 8.88. The Morgan fingerprint density at radius 2 is 2.11 bits per heavy atom. The Balaban J connectivity index is 2.47. The van der Waals surface area contributed by atoms with Gasteiger partial charge in [-0.15, -0.1) is 11.3 Å². The molecule has 2 rings (SSSR count). The van der Waals surface area contributed by atoms with E-state index in [0.29, 0.717) is 10.6 Å². The van der Waals surface area contributed by atoms with E-state index >= 15 is 0 Å². The monoisotopic (exact) mass is 279 g/mol. The van der Waals surface area contributed by atoms with Crippen LogP contribution in [0.3, 0.4) is 0 Å². The summed E-state index contributed by atoms with van der Waals surface area (Å²) in [5, 5.41) is 2.37. The van der Waals surface area contributed by atoms with Crippen molar-refractivity contribution in [2.75, 3.05) is 0 Å². The van der Waals surface area contributed by atoms with Gasteiger partial charge in [-0.3, -0.25) is 0 Å². The number of nitrogens with zero attached hydrogens (tertiary/aromatic N) is 1. The number of thiazole rings is 1. The van der Waals surface area contributed by atoms with Gasteiger partial charge in [-0.2, -0.15) is 0 Å². The molecule has 0 N–H and O–H groups in total. The zero-order chi connectivity index (χ0) is 14.0. The summed E-state index contributed by atoms with van der Waals surface area (Å²) in [4.78, 5) is 16.2. The molecule has 1 aromatic carbocycles. The average molecular weight is 279 g/mol. The van der Waals surface area contributed by atoms with E-state index in [9.17, 15) is 9.18 Å². The molecule has 0 fully saturated rings. The quantitative estimate of drug-likeness (QED) is 0.782. The van der Waals surface area contributed by atoms with Crippen LogP contribution in [0.25, 0.3) is 10.6 Å². The van der Waals surface area contributed by atoms with Crippen molar-refractivity contribution >= 4 is 17.3 Å². The lowest BCUT2D eigenvalue weighted by Crippen LogP contribution is -2.25. The summed E-state index contributed by atoms with van der Waals surface area (Å²) in [6.07, 6.45) is 1.61. The lowest BCUT2D eigenvalue weighted by Gasteiger charge is -2.20. The van der Waals surface area contributed by atoms with Gasteiger partial charge in [0.1, 0.15) is 22.0 Å². The van der Waals surface area contributed by atoms with Crippen molar-refractivity contribution in [3.8, 4) is 10.6 Å². The summed E-state index contributed by atoms with van der Waals surface area (Å²) in [5.74, 6) is -1.27. The van der Waals surface area contributed by atoms with E-state index in [2.05, 4.69) is 4.98 Å². The second kappa shape index (κ2) is 5.09. The molecule has 3 nitrogen and oxygen atoms in total. The van der Waals surface area contributed by atoms with Gasteiger partial charge in [-0.25, -0.2) is 14.2 Å². The largest absolute Gasteiger partial charge is 0.456 e. The average Bonchev–Trinajstić information content (AvgIpc) is 2.79. The van der Waals surface area contributed by atoms with Gasteiger partial charge in [0.15, 0.2) is 0 Å². The predicted octanol–water partition coefficient (Wildman–Crippen LogP) is 3.90. The highest BCUT2D eigenvalue weighted by Gasteiger charge is 2.24. The summed E-state index contributed by atoms with van der Waals surface area (Å²) in [6, 6.07) is 4.47. The van der Waals surface area contributed by atoms with Gasteiger partial charge in [0, 0.05) is 17.1 Å². The topological polar surface area (TPSA) is 39.2 Å². The second-order valence-corrected chi connectivity index (χ2v) is 5.90. The number of carbonyl (C=O) groups excluding carboxylic acids is 1. The predicted molar refractivity (Wildman–Crippen MR) is 72.7 cm³/mol. The Morgan fingerprint density at radius 1 is 1.37 bits per heavy atom. The van der Waals surface area contributed by atoms with Gasteiger partial charge in [0.25, 0.3) is 0 Å². The molecule has 19 heavy (non-hydrogen) atoms. The lowest BCUT2D eigenvalue weighted by atomic mass is 10.1. The first kappa shape index (κ1) is 13.7. The molecule has 0 radical (unpaired) electrons. The van der Waals surface area contributed by atoms with Crippen LogP contribution in [0, 0.1) is 5.82 Å². The molecule has 5 heteroatoms. The minimum atomic E-state index is -0.671. The van der Waals surface area contributed by atoms with E-state index in [0.717, 1.165) is 0 Å². The first-order valence-corrected chi connectivity index (χ1v) is 6.68. The van der Waals surface area contributed by atoms with Crippen molar-refractivity contribution in [1.82, 2.24) is 4.98 Å². The van der Waals surface area contributed by atoms with E-state index in [1.54, 1.807) is 44.5 Å². The van der Waals surface area contributed by atoms with Crippen molar-refractivity contribution in [1.29, 1.82) is 0 Å². The van der Waals surface area contributed by atoms with Crippen molar-refractivity contribution in [3.63, 3.8) is 0 Å². The van der Waals surface area contributed by atoms with Crippen LogP contribution < -0.4 is 0 Å². The SMILES string of the molecule is CC(C)(C)OC(=O)c1c(F)cccc1-c1nccs1. The van der Waals surface area contributed by atoms with Crippen LogP contribution in [0.1, 0.15) is 31.1 Å². The fraction of sp³-hybridized carbons (Fsp3) is 0.286. The third kappa shape index (κ3) is 3.17. The summed E-state index contributed by atoms with van der Waals surface area (Å²) < 4.78 is 19.2. The summed E-state index contributed by atoms with van der Waals surface area (Å²) in [7, 11) is 0. The van der Waals surface area contributed by atoms with Crippen molar-refractivity contribution < 1.29 is 13.9 Å². The maximum absolute atomic E-state index is 13.9. The highest BCUT2D eigenvalue weighted by molar-refractivity contribution is 7.13. The maximum atomic E-state index is 13.9. The number of esters is 1. The fourth-order valence-electron chi connectivity index (χ4n) is 1.60. The second-order valence-electron chi connectivity index (χ2n) is 5.00. The molecule has 0 aliphatic heterocycles. The zero-order valence-electron chi connectivity index (χ0n) is 10.9. The van der Waals surface area contributed by atoms with Gasteiger partial charge >= 0.3 is 5.97 Å². The van der Waals surface area contributed by atoms with Crippen LogP contribution in [0.2, 0.25) is 0 Å². The molecule has 0 aliphatic rings. The number of aromatic nitrogens is 1.